The smallest absolute Gasteiger partial charge is 0.311 e. The molecule has 1 aromatic rings. The molecule has 2 aliphatic heterocycles. The second-order valence-electron chi connectivity index (χ2n) is 7.89. The lowest BCUT2D eigenvalue weighted by Gasteiger charge is -2.33. The van der Waals surface area contributed by atoms with E-state index in [2.05, 4.69) is 0 Å². The number of carboxylic acids is 1. The third-order valence-corrected chi connectivity index (χ3v) is 7.57. The standard InChI is InChI=1S/C19H26N2O5S/c1-14-5-7-16(8-6-14)27(25,26)21-10-3-4-15(12-21)17(22)20-11-9-19(2,13-20)18(23)24/h5-8,15H,3-4,9-13H2,1-2H3,(H,23,24). The Bertz CT molecular complexity index is 836. The highest BCUT2D eigenvalue weighted by Crippen LogP contribution is 2.33. The van der Waals surface area contributed by atoms with E-state index in [1.54, 1.807) is 36.1 Å². The van der Waals surface area contributed by atoms with Crippen LogP contribution in [0.3, 0.4) is 0 Å². The molecule has 1 N–H and O–H groups in total. The second-order valence-corrected chi connectivity index (χ2v) is 9.83. The van der Waals surface area contributed by atoms with Gasteiger partial charge in [-0.3, -0.25) is 9.59 Å². The zero-order valence-corrected chi connectivity index (χ0v) is 16.5. The summed E-state index contributed by atoms with van der Waals surface area (Å²) >= 11 is 0. The summed E-state index contributed by atoms with van der Waals surface area (Å²) in [6.45, 7) is 4.68. The van der Waals surface area contributed by atoms with Crippen LogP contribution in [0.4, 0.5) is 0 Å². The molecule has 148 valence electrons. The minimum Gasteiger partial charge on any atom is -0.481 e. The minimum atomic E-state index is -3.64. The van der Waals surface area contributed by atoms with Crippen LogP contribution in [0.1, 0.15) is 31.7 Å². The van der Waals surface area contributed by atoms with Crippen molar-refractivity contribution in [3.8, 4) is 0 Å². The highest BCUT2D eigenvalue weighted by atomic mass is 32.2. The van der Waals surface area contributed by atoms with Gasteiger partial charge in [0.2, 0.25) is 15.9 Å². The van der Waals surface area contributed by atoms with Gasteiger partial charge in [-0.15, -0.1) is 0 Å². The average Bonchev–Trinajstić information content (AvgIpc) is 3.05. The fraction of sp³-hybridized carbons (Fsp3) is 0.579. The van der Waals surface area contributed by atoms with Crippen molar-refractivity contribution in [1.29, 1.82) is 0 Å². The maximum Gasteiger partial charge on any atom is 0.311 e. The number of hydrogen-bond acceptors (Lipinski definition) is 4. The van der Waals surface area contributed by atoms with E-state index in [1.165, 1.54) is 4.31 Å². The zero-order chi connectivity index (χ0) is 19.8. The number of amides is 1. The van der Waals surface area contributed by atoms with Crippen molar-refractivity contribution in [2.24, 2.45) is 11.3 Å². The van der Waals surface area contributed by atoms with Gasteiger partial charge in [0.15, 0.2) is 0 Å². The van der Waals surface area contributed by atoms with Gasteiger partial charge in [0.25, 0.3) is 0 Å². The van der Waals surface area contributed by atoms with Gasteiger partial charge in [-0.05, 0) is 45.2 Å². The van der Waals surface area contributed by atoms with E-state index >= 15 is 0 Å². The maximum absolute atomic E-state index is 12.9. The van der Waals surface area contributed by atoms with Gasteiger partial charge >= 0.3 is 5.97 Å². The van der Waals surface area contributed by atoms with Crippen LogP contribution in [0.5, 0.6) is 0 Å². The van der Waals surface area contributed by atoms with Crippen molar-refractivity contribution in [2.45, 2.75) is 38.0 Å². The Morgan fingerprint density at radius 1 is 1.19 bits per heavy atom. The van der Waals surface area contributed by atoms with Gasteiger partial charge < -0.3 is 10.0 Å². The van der Waals surface area contributed by atoms with Gasteiger partial charge in [0.1, 0.15) is 0 Å². The molecule has 2 heterocycles. The van der Waals surface area contributed by atoms with E-state index in [-0.39, 0.29) is 23.9 Å². The Hall–Kier alpha value is -1.93. The van der Waals surface area contributed by atoms with Gasteiger partial charge in [-0.2, -0.15) is 4.31 Å². The molecule has 27 heavy (non-hydrogen) atoms. The van der Waals surface area contributed by atoms with Crippen LogP contribution in [0.15, 0.2) is 29.2 Å². The predicted molar refractivity (Wildman–Crippen MR) is 99.6 cm³/mol. The monoisotopic (exact) mass is 394 g/mol. The number of hydrogen-bond donors (Lipinski definition) is 1. The quantitative estimate of drug-likeness (QED) is 0.839. The molecule has 0 radical (unpaired) electrons. The number of aryl methyl sites for hydroxylation is 1. The Labute approximate surface area is 160 Å². The van der Waals surface area contributed by atoms with Crippen LogP contribution >= 0.6 is 0 Å². The molecule has 2 atom stereocenters. The Morgan fingerprint density at radius 3 is 2.44 bits per heavy atom. The third kappa shape index (κ3) is 3.87. The number of carboxylic acid groups (broad SMARTS) is 1. The zero-order valence-electron chi connectivity index (χ0n) is 15.7. The van der Waals surface area contributed by atoms with Gasteiger partial charge in [0, 0.05) is 26.2 Å². The van der Waals surface area contributed by atoms with Gasteiger partial charge in [-0.25, -0.2) is 8.42 Å². The molecule has 2 fully saturated rings. The number of piperidine rings is 1. The minimum absolute atomic E-state index is 0.135. The molecule has 2 unspecified atom stereocenters. The molecule has 3 rings (SSSR count). The molecule has 8 heteroatoms. The number of carbonyl (C=O) groups excluding carboxylic acids is 1. The van der Waals surface area contributed by atoms with Crippen molar-refractivity contribution >= 4 is 21.9 Å². The largest absolute Gasteiger partial charge is 0.481 e. The summed E-state index contributed by atoms with van der Waals surface area (Å²) in [7, 11) is -3.64. The topological polar surface area (TPSA) is 95.0 Å². The van der Waals surface area contributed by atoms with Crippen LogP contribution < -0.4 is 0 Å². The van der Waals surface area contributed by atoms with E-state index in [1.807, 2.05) is 6.92 Å². The summed E-state index contributed by atoms with van der Waals surface area (Å²) in [5.41, 5.74) is 0.0639. The predicted octanol–water partition coefficient (Wildman–Crippen LogP) is 1.72. The molecule has 0 aromatic heterocycles. The van der Waals surface area contributed by atoms with Crippen LogP contribution in [-0.2, 0) is 19.6 Å². The Kier molecular flexibility index (Phi) is 5.31. The number of likely N-dealkylation sites (tertiary alicyclic amines) is 1. The first-order valence-corrected chi connectivity index (χ1v) is 10.7. The van der Waals surface area contributed by atoms with E-state index < -0.39 is 27.3 Å². The Morgan fingerprint density at radius 2 is 1.85 bits per heavy atom. The molecule has 0 aliphatic carbocycles. The number of aliphatic carboxylic acids is 1. The van der Waals surface area contributed by atoms with Crippen molar-refractivity contribution < 1.29 is 23.1 Å². The first-order chi connectivity index (χ1) is 12.6. The summed E-state index contributed by atoms with van der Waals surface area (Å²) < 4.78 is 27.2. The molecule has 1 amide bonds. The number of benzene rings is 1. The molecular formula is C19H26N2O5S. The molecule has 0 saturated carbocycles. The van der Waals surface area contributed by atoms with Crippen LogP contribution in [0.25, 0.3) is 0 Å². The summed E-state index contributed by atoms with van der Waals surface area (Å²) in [6, 6.07) is 6.70. The third-order valence-electron chi connectivity index (χ3n) is 5.69. The molecule has 1 aromatic carbocycles. The maximum atomic E-state index is 12.9. The first-order valence-electron chi connectivity index (χ1n) is 9.22. The molecule has 2 saturated heterocycles. The van der Waals surface area contributed by atoms with Crippen LogP contribution in [0, 0.1) is 18.3 Å². The molecule has 7 nitrogen and oxygen atoms in total. The van der Waals surface area contributed by atoms with E-state index in [9.17, 15) is 23.1 Å². The van der Waals surface area contributed by atoms with E-state index in [4.69, 9.17) is 0 Å². The summed E-state index contributed by atoms with van der Waals surface area (Å²) in [6.07, 6.45) is 1.66. The second kappa shape index (κ2) is 7.24. The van der Waals surface area contributed by atoms with Crippen molar-refractivity contribution in [1.82, 2.24) is 9.21 Å². The summed E-state index contributed by atoms with van der Waals surface area (Å²) in [4.78, 5) is 26.1. The summed E-state index contributed by atoms with van der Waals surface area (Å²) in [5.74, 6) is -1.45. The number of nitrogens with zero attached hydrogens (tertiary/aromatic N) is 2. The molecule has 0 spiro atoms. The van der Waals surface area contributed by atoms with Crippen molar-refractivity contribution in [3.05, 3.63) is 29.8 Å². The van der Waals surface area contributed by atoms with E-state index in [0.717, 1.165) is 5.56 Å². The Balaban J connectivity index is 1.72. The SMILES string of the molecule is Cc1ccc(S(=O)(=O)N2CCCC(C(=O)N3CCC(C)(C(=O)O)C3)C2)cc1. The molecule has 2 aliphatic rings. The first kappa shape index (κ1) is 19.8. The molecule has 0 bridgehead atoms. The summed E-state index contributed by atoms with van der Waals surface area (Å²) in [5, 5.41) is 9.35. The molecular weight excluding hydrogens is 368 g/mol. The van der Waals surface area contributed by atoms with Crippen LogP contribution in [0.2, 0.25) is 0 Å². The lowest BCUT2D eigenvalue weighted by molar-refractivity contribution is -0.147. The van der Waals surface area contributed by atoms with Gasteiger partial charge in [0.05, 0.1) is 16.2 Å². The fourth-order valence-corrected chi connectivity index (χ4v) is 5.33. The highest BCUT2D eigenvalue weighted by molar-refractivity contribution is 7.89. The fourth-order valence-electron chi connectivity index (χ4n) is 3.80. The van der Waals surface area contributed by atoms with Crippen LogP contribution in [-0.4, -0.2) is 60.8 Å². The van der Waals surface area contributed by atoms with Crippen molar-refractivity contribution in [2.75, 3.05) is 26.2 Å². The highest BCUT2D eigenvalue weighted by Gasteiger charge is 2.44. The van der Waals surface area contributed by atoms with Gasteiger partial charge in [-0.1, -0.05) is 17.7 Å². The lowest BCUT2D eigenvalue weighted by atomic mass is 9.90. The number of rotatable bonds is 4. The van der Waals surface area contributed by atoms with Crippen molar-refractivity contribution in [3.63, 3.8) is 0 Å². The number of carbonyl (C=O) groups is 2. The van der Waals surface area contributed by atoms with E-state index in [0.29, 0.717) is 32.4 Å². The lowest BCUT2D eigenvalue weighted by Crippen LogP contribution is -2.46. The average molecular weight is 394 g/mol. The normalized spacial score (nSPS) is 26.9. The number of sulfonamides is 1.